The van der Waals surface area contributed by atoms with Crippen molar-refractivity contribution >= 4 is 19.8 Å². The zero-order chi connectivity index (χ0) is 34.9. The molecular weight excluding hydrogens is 619 g/mol. The van der Waals surface area contributed by atoms with E-state index in [0.29, 0.717) is 19.3 Å². The number of ether oxygens (including phenoxy) is 2. The van der Waals surface area contributed by atoms with E-state index >= 15 is 0 Å². The van der Waals surface area contributed by atoms with Crippen LogP contribution < -0.4 is 0 Å². The van der Waals surface area contributed by atoms with Crippen LogP contribution in [0.4, 0.5) is 0 Å². The number of allylic oxidation sites excluding steroid dienone is 5. The number of phosphoric ester groups is 1. The smallest absolute Gasteiger partial charge is 0.462 e. The van der Waals surface area contributed by atoms with E-state index in [-0.39, 0.29) is 19.4 Å². The van der Waals surface area contributed by atoms with Gasteiger partial charge in [0.25, 0.3) is 0 Å². The molecule has 0 aliphatic heterocycles. The molecule has 0 aliphatic carbocycles. The summed E-state index contributed by atoms with van der Waals surface area (Å²) in [5, 5.41) is 10.1. The van der Waals surface area contributed by atoms with E-state index in [9.17, 15) is 19.3 Å². The Morgan fingerprint density at radius 2 is 1.19 bits per heavy atom. The number of carbonyl (C=O) groups is 2. The Morgan fingerprint density at radius 1 is 0.660 bits per heavy atom. The second kappa shape index (κ2) is 32.8. The van der Waals surface area contributed by atoms with Crippen molar-refractivity contribution in [3.05, 3.63) is 36.5 Å². The molecule has 10 heteroatoms. The Hall–Kier alpha value is -1.77. The molecule has 0 amide bonds. The monoisotopic (exact) mass is 686 g/mol. The number of hydrogen-bond donors (Lipinski definition) is 3. The summed E-state index contributed by atoms with van der Waals surface area (Å²) < 4.78 is 26.2. The maximum absolute atomic E-state index is 12.3. The van der Waals surface area contributed by atoms with Crippen molar-refractivity contribution < 1.29 is 43.0 Å². The molecule has 47 heavy (non-hydrogen) atoms. The Morgan fingerprint density at radius 3 is 1.74 bits per heavy atom. The summed E-state index contributed by atoms with van der Waals surface area (Å²) in [7, 11) is -4.77. The molecule has 0 aromatic rings. The summed E-state index contributed by atoms with van der Waals surface area (Å²) in [6.07, 6.45) is 33.2. The van der Waals surface area contributed by atoms with Gasteiger partial charge in [0.05, 0.1) is 12.7 Å². The van der Waals surface area contributed by atoms with Crippen LogP contribution in [-0.4, -0.2) is 52.3 Å². The molecule has 3 N–H and O–H groups in total. The van der Waals surface area contributed by atoms with E-state index in [4.69, 9.17) is 19.3 Å². The minimum atomic E-state index is -4.77. The average molecular weight is 687 g/mol. The van der Waals surface area contributed by atoms with Gasteiger partial charge in [-0.25, -0.2) is 4.57 Å². The minimum Gasteiger partial charge on any atom is -0.462 e. The zero-order valence-electron chi connectivity index (χ0n) is 29.5. The van der Waals surface area contributed by atoms with E-state index in [0.717, 1.165) is 57.8 Å². The van der Waals surface area contributed by atoms with Crippen LogP contribution in [0.5, 0.6) is 0 Å². The number of aliphatic hydroxyl groups excluding tert-OH is 1. The molecule has 0 spiro atoms. The molecule has 0 saturated heterocycles. The quantitative estimate of drug-likeness (QED) is 0.0202. The summed E-state index contributed by atoms with van der Waals surface area (Å²) >= 11 is 0. The topological polar surface area (TPSA) is 140 Å². The molecule has 0 fully saturated rings. The summed E-state index contributed by atoms with van der Waals surface area (Å²) in [5.74, 6) is -0.960. The number of unbranched alkanes of at least 4 members (excludes halogenated alkanes) is 16. The average Bonchev–Trinajstić information content (AvgIpc) is 3.03. The lowest BCUT2D eigenvalue weighted by atomic mass is 10.0. The number of rotatable bonds is 33. The van der Waals surface area contributed by atoms with Crippen LogP contribution in [0.1, 0.15) is 162 Å². The molecule has 0 aromatic carbocycles. The summed E-state index contributed by atoms with van der Waals surface area (Å²) in [6.45, 7) is 3.45. The normalized spacial score (nSPS) is 13.6. The maximum Gasteiger partial charge on any atom is 0.469 e. The van der Waals surface area contributed by atoms with E-state index in [1.165, 1.54) is 57.8 Å². The molecule has 0 rings (SSSR count). The molecule has 0 bridgehead atoms. The lowest BCUT2D eigenvalue weighted by Gasteiger charge is -2.18. The first-order valence-electron chi connectivity index (χ1n) is 18.4. The van der Waals surface area contributed by atoms with Gasteiger partial charge in [0.1, 0.15) is 6.61 Å². The molecule has 274 valence electrons. The molecule has 0 heterocycles. The molecule has 0 saturated carbocycles. The van der Waals surface area contributed by atoms with Gasteiger partial charge in [0, 0.05) is 12.8 Å². The van der Waals surface area contributed by atoms with E-state index < -0.39 is 38.6 Å². The predicted octanol–water partition coefficient (Wildman–Crippen LogP) is 9.59. The van der Waals surface area contributed by atoms with E-state index in [1.807, 2.05) is 18.2 Å². The Labute approximate surface area is 285 Å². The van der Waals surface area contributed by atoms with Crippen LogP contribution >= 0.6 is 7.82 Å². The van der Waals surface area contributed by atoms with Crippen molar-refractivity contribution in [1.29, 1.82) is 0 Å². The van der Waals surface area contributed by atoms with Crippen molar-refractivity contribution in [3.63, 3.8) is 0 Å². The highest BCUT2D eigenvalue weighted by molar-refractivity contribution is 7.46. The van der Waals surface area contributed by atoms with Crippen molar-refractivity contribution in [2.75, 3.05) is 13.2 Å². The molecule has 0 aliphatic rings. The van der Waals surface area contributed by atoms with Gasteiger partial charge in [-0.15, -0.1) is 0 Å². The Balaban J connectivity index is 4.06. The van der Waals surface area contributed by atoms with Crippen LogP contribution in [-0.2, 0) is 28.2 Å². The standard InChI is InChI=1S/C37H67O9P/c1-3-5-7-9-11-12-13-14-15-16-18-22-27-31-37(40)46-35(33-45-47(41,42)43)32-44-36(39)30-26-23-19-21-25-29-34(38)28-24-20-17-10-8-6-4-2/h6,8,17,20,24,28,34-35,38H,3-5,7,9-16,18-19,21-23,25-27,29-33H2,1-2H3,(H2,41,42,43)/b8-6+,20-17+,28-24+/t34?,35-/m1/s1. The van der Waals surface area contributed by atoms with Gasteiger partial charge in [-0.1, -0.05) is 153 Å². The van der Waals surface area contributed by atoms with Crippen LogP contribution in [0.15, 0.2) is 36.5 Å². The third kappa shape index (κ3) is 35.4. The van der Waals surface area contributed by atoms with Gasteiger partial charge < -0.3 is 24.4 Å². The van der Waals surface area contributed by atoms with Gasteiger partial charge in [0.15, 0.2) is 6.10 Å². The number of carbonyl (C=O) groups excluding carboxylic acids is 2. The second-order valence-corrected chi connectivity index (χ2v) is 13.6. The largest absolute Gasteiger partial charge is 0.469 e. The maximum atomic E-state index is 12.3. The fourth-order valence-electron chi connectivity index (χ4n) is 5.03. The number of phosphoric acid groups is 1. The lowest BCUT2D eigenvalue weighted by Crippen LogP contribution is -2.29. The van der Waals surface area contributed by atoms with Crippen LogP contribution in [0, 0.1) is 0 Å². The molecule has 9 nitrogen and oxygen atoms in total. The summed E-state index contributed by atoms with van der Waals surface area (Å²) in [6, 6.07) is 0. The highest BCUT2D eigenvalue weighted by atomic mass is 31.2. The summed E-state index contributed by atoms with van der Waals surface area (Å²) in [4.78, 5) is 42.6. The van der Waals surface area contributed by atoms with Gasteiger partial charge >= 0.3 is 19.8 Å². The molecule has 2 atom stereocenters. The number of esters is 2. The van der Waals surface area contributed by atoms with Crippen molar-refractivity contribution in [2.45, 2.75) is 174 Å². The number of aliphatic hydroxyl groups is 1. The Bertz CT molecular complexity index is 881. The third-order valence-electron chi connectivity index (χ3n) is 7.78. The Kier molecular flexibility index (Phi) is 31.5. The minimum absolute atomic E-state index is 0.194. The van der Waals surface area contributed by atoms with E-state index in [2.05, 4.69) is 30.5 Å². The molecule has 0 aromatic heterocycles. The fraction of sp³-hybridized carbons (Fsp3) is 0.784. The van der Waals surface area contributed by atoms with Crippen molar-refractivity contribution in [2.24, 2.45) is 0 Å². The van der Waals surface area contributed by atoms with Gasteiger partial charge in [-0.2, -0.15) is 0 Å². The first-order valence-corrected chi connectivity index (χ1v) is 19.9. The second-order valence-electron chi connectivity index (χ2n) is 12.4. The molecular formula is C37H67O9P. The van der Waals surface area contributed by atoms with Crippen molar-refractivity contribution in [3.8, 4) is 0 Å². The fourth-order valence-corrected chi connectivity index (χ4v) is 5.39. The van der Waals surface area contributed by atoms with Crippen molar-refractivity contribution in [1.82, 2.24) is 0 Å². The van der Waals surface area contributed by atoms with Gasteiger partial charge in [-0.05, 0) is 32.1 Å². The highest BCUT2D eigenvalue weighted by Crippen LogP contribution is 2.36. The SMILES string of the molecule is CC/C=C/C/C=C/C=C/C(O)CCCCCCCC(=O)OC[C@H](COP(=O)(O)O)OC(=O)CCCCCCCCCCCCCCC. The first kappa shape index (κ1) is 45.2. The zero-order valence-corrected chi connectivity index (χ0v) is 30.4. The molecule has 0 radical (unpaired) electrons. The number of hydrogen-bond acceptors (Lipinski definition) is 7. The van der Waals surface area contributed by atoms with Gasteiger partial charge in [0.2, 0.25) is 0 Å². The third-order valence-corrected chi connectivity index (χ3v) is 8.26. The summed E-state index contributed by atoms with van der Waals surface area (Å²) in [5.41, 5.74) is 0. The van der Waals surface area contributed by atoms with E-state index in [1.54, 1.807) is 6.08 Å². The van der Waals surface area contributed by atoms with Crippen LogP contribution in [0.3, 0.4) is 0 Å². The lowest BCUT2D eigenvalue weighted by molar-refractivity contribution is -0.161. The van der Waals surface area contributed by atoms with Crippen LogP contribution in [0.2, 0.25) is 0 Å². The first-order chi connectivity index (χ1) is 22.7. The predicted molar refractivity (Wildman–Crippen MR) is 190 cm³/mol. The highest BCUT2D eigenvalue weighted by Gasteiger charge is 2.22. The van der Waals surface area contributed by atoms with Crippen LogP contribution in [0.25, 0.3) is 0 Å². The molecule has 1 unspecified atom stereocenters. The van der Waals surface area contributed by atoms with Gasteiger partial charge in [-0.3, -0.25) is 14.1 Å².